The van der Waals surface area contributed by atoms with Crippen LogP contribution in [0, 0.1) is 0 Å². The number of rotatable bonds is 4. The van der Waals surface area contributed by atoms with Gasteiger partial charge >= 0.3 is 0 Å². The molecule has 2 rings (SSSR count). The van der Waals surface area contributed by atoms with E-state index in [1.165, 1.54) is 15.3 Å². The molecule has 0 saturated carbocycles. The fourth-order valence-electron chi connectivity index (χ4n) is 1.58. The molecule has 0 unspecified atom stereocenters. The summed E-state index contributed by atoms with van der Waals surface area (Å²) in [7, 11) is 0. The maximum atomic E-state index is 11.9. The van der Waals surface area contributed by atoms with Crippen molar-refractivity contribution in [2.45, 2.75) is 32.1 Å². The normalized spacial score (nSPS) is 13.5. The van der Waals surface area contributed by atoms with Crippen molar-refractivity contribution in [3.05, 3.63) is 47.3 Å². The molecule has 102 valence electrons. The molecule has 0 fully saturated rings. The zero-order valence-corrected chi connectivity index (χ0v) is 13.1. The number of nitrogens with one attached hydrogen (secondary N) is 1. The van der Waals surface area contributed by atoms with E-state index in [2.05, 4.69) is 29.0 Å². The lowest BCUT2D eigenvalue weighted by molar-refractivity contribution is 0.544. The fourth-order valence-corrected chi connectivity index (χ4v) is 3.35. The third-order valence-corrected chi connectivity index (χ3v) is 5.31. The molecule has 0 bridgehead atoms. The fraction of sp³-hybridized carbons (Fsp3) is 0.333. The standard InChI is InChI=1S/C15H19NOS2/c1-15(2,3)19(17)16-11-13-9-10-14(18-13)12-7-5-4-6-8-12/h4-10,16H,11H2,1-3H3/t19-/m1/s1. The monoisotopic (exact) mass is 293 g/mol. The van der Waals surface area contributed by atoms with Crippen LogP contribution >= 0.6 is 11.3 Å². The Morgan fingerprint density at radius 2 is 1.79 bits per heavy atom. The van der Waals surface area contributed by atoms with E-state index in [1.54, 1.807) is 11.3 Å². The molecule has 1 atom stereocenters. The minimum Gasteiger partial charge on any atom is -0.598 e. The van der Waals surface area contributed by atoms with E-state index in [4.69, 9.17) is 0 Å². The van der Waals surface area contributed by atoms with Crippen LogP contribution in [0.1, 0.15) is 25.6 Å². The highest BCUT2D eigenvalue weighted by Crippen LogP contribution is 2.28. The Kier molecular flexibility index (Phi) is 4.68. The van der Waals surface area contributed by atoms with Crippen LogP contribution in [0.25, 0.3) is 10.4 Å². The first-order chi connectivity index (χ1) is 8.97. The highest BCUT2D eigenvalue weighted by Gasteiger charge is 2.26. The summed E-state index contributed by atoms with van der Waals surface area (Å²) in [5.74, 6) is 0. The van der Waals surface area contributed by atoms with Crippen molar-refractivity contribution in [1.29, 1.82) is 0 Å². The van der Waals surface area contributed by atoms with Crippen molar-refractivity contribution >= 4 is 22.7 Å². The highest BCUT2D eigenvalue weighted by atomic mass is 32.2. The summed E-state index contributed by atoms with van der Waals surface area (Å²) in [5.41, 5.74) is 1.23. The van der Waals surface area contributed by atoms with Gasteiger partial charge in [0.15, 0.2) is 0 Å². The van der Waals surface area contributed by atoms with Crippen LogP contribution < -0.4 is 4.72 Å². The van der Waals surface area contributed by atoms with Crippen molar-refractivity contribution in [3.8, 4) is 10.4 Å². The quantitative estimate of drug-likeness (QED) is 0.866. The second kappa shape index (κ2) is 6.09. The van der Waals surface area contributed by atoms with Crippen LogP contribution in [0.15, 0.2) is 42.5 Å². The van der Waals surface area contributed by atoms with Crippen molar-refractivity contribution in [2.24, 2.45) is 0 Å². The lowest BCUT2D eigenvalue weighted by Gasteiger charge is -2.23. The van der Waals surface area contributed by atoms with Gasteiger partial charge in [-0.05, 0) is 38.5 Å². The zero-order valence-electron chi connectivity index (χ0n) is 11.5. The molecule has 0 aliphatic carbocycles. The number of hydrogen-bond acceptors (Lipinski definition) is 3. The first-order valence-electron chi connectivity index (χ1n) is 6.26. The molecule has 1 aromatic heterocycles. The van der Waals surface area contributed by atoms with E-state index in [1.807, 2.05) is 39.0 Å². The minimum absolute atomic E-state index is 0.223. The predicted molar refractivity (Wildman–Crippen MR) is 84.5 cm³/mol. The summed E-state index contributed by atoms with van der Waals surface area (Å²) >= 11 is 0.725. The molecule has 0 saturated heterocycles. The Bertz CT molecular complexity index is 516. The first-order valence-corrected chi connectivity index (χ1v) is 8.23. The zero-order chi connectivity index (χ0) is 13.9. The smallest absolute Gasteiger partial charge is 0.136 e. The van der Waals surface area contributed by atoms with Crippen LogP contribution in [-0.4, -0.2) is 9.30 Å². The summed E-state index contributed by atoms with van der Waals surface area (Å²) in [5, 5.41) is 0. The van der Waals surface area contributed by atoms with Crippen LogP contribution in [0.3, 0.4) is 0 Å². The molecule has 19 heavy (non-hydrogen) atoms. The average molecular weight is 293 g/mol. The van der Waals surface area contributed by atoms with Gasteiger partial charge in [0, 0.05) is 21.1 Å². The van der Waals surface area contributed by atoms with Gasteiger partial charge in [0.25, 0.3) is 0 Å². The van der Waals surface area contributed by atoms with Gasteiger partial charge < -0.3 is 4.55 Å². The maximum absolute atomic E-state index is 11.9. The van der Waals surface area contributed by atoms with Crippen LogP contribution in [0.2, 0.25) is 0 Å². The van der Waals surface area contributed by atoms with Gasteiger partial charge in [-0.25, -0.2) is 0 Å². The molecule has 2 nitrogen and oxygen atoms in total. The largest absolute Gasteiger partial charge is 0.598 e. The molecule has 1 N–H and O–H groups in total. The molecule has 1 heterocycles. The van der Waals surface area contributed by atoms with Gasteiger partial charge in [-0.15, -0.1) is 16.1 Å². The number of hydrogen-bond donors (Lipinski definition) is 1. The molecule has 0 aliphatic rings. The maximum Gasteiger partial charge on any atom is 0.136 e. The molecule has 0 amide bonds. The number of thiophene rings is 1. The number of benzene rings is 1. The van der Waals surface area contributed by atoms with Crippen molar-refractivity contribution < 1.29 is 4.55 Å². The summed E-state index contributed by atoms with van der Waals surface area (Å²) in [6.07, 6.45) is 0. The van der Waals surface area contributed by atoms with E-state index >= 15 is 0 Å². The van der Waals surface area contributed by atoms with E-state index in [0.29, 0.717) is 6.54 Å². The van der Waals surface area contributed by atoms with Crippen LogP contribution in [-0.2, 0) is 17.9 Å². The molecule has 0 spiro atoms. The van der Waals surface area contributed by atoms with Crippen LogP contribution in [0.5, 0.6) is 0 Å². The van der Waals surface area contributed by atoms with Crippen molar-refractivity contribution in [3.63, 3.8) is 0 Å². The van der Waals surface area contributed by atoms with Gasteiger partial charge in [0.2, 0.25) is 0 Å². The predicted octanol–water partition coefficient (Wildman–Crippen LogP) is 3.97. The Morgan fingerprint density at radius 1 is 1.11 bits per heavy atom. The van der Waals surface area contributed by atoms with Gasteiger partial charge in [-0.2, -0.15) is 0 Å². The SMILES string of the molecule is CC(C)(C)[S@@+]([O-])NCc1ccc(-c2ccccc2)s1. The molecule has 4 heteroatoms. The van der Waals surface area contributed by atoms with Gasteiger partial charge in [-0.1, -0.05) is 30.3 Å². The average Bonchev–Trinajstić information content (AvgIpc) is 2.84. The summed E-state index contributed by atoms with van der Waals surface area (Å²) in [6.45, 7) is 6.57. The Labute approximate surface area is 122 Å². The van der Waals surface area contributed by atoms with Gasteiger partial charge in [-0.3, -0.25) is 0 Å². The molecular formula is C15H19NOS2. The van der Waals surface area contributed by atoms with Gasteiger partial charge in [0.1, 0.15) is 4.75 Å². The second-order valence-electron chi connectivity index (χ2n) is 5.33. The topological polar surface area (TPSA) is 35.1 Å². The van der Waals surface area contributed by atoms with E-state index in [0.717, 1.165) is 0 Å². The molecule has 1 aromatic carbocycles. The Hall–Kier alpha value is -0.810. The molecule has 0 radical (unpaired) electrons. The third-order valence-electron chi connectivity index (χ3n) is 2.65. The Morgan fingerprint density at radius 3 is 2.42 bits per heavy atom. The molecule has 0 aliphatic heterocycles. The van der Waals surface area contributed by atoms with E-state index in [9.17, 15) is 4.55 Å². The molecule has 2 aromatic rings. The summed E-state index contributed by atoms with van der Waals surface area (Å²) in [6, 6.07) is 14.5. The van der Waals surface area contributed by atoms with Crippen molar-refractivity contribution in [1.82, 2.24) is 4.72 Å². The van der Waals surface area contributed by atoms with Gasteiger partial charge in [0.05, 0.1) is 6.54 Å². The highest BCUT2D eigenvalue weighted by molar-refractivity contribution is 7.90. The lowest BCUT2D eigenvalue weighted by Crippen LogP contribution is -2.38. The summed E-state index contributed by atoms with van der Waals surface area (Å²) in [4.78, 5) is 2.45. The van der Waals surface area contributed by atoms with E-state index in [-0.39, 0.29) is 4.75 Å². The Balaban J connectivity index is 1.99. The van der Waals surface area contributed by atoms with Crippen LogP contribution in [0.4, 0.5) is 0 Å². The molecular weight excluding hydrogens is 274 g/mol. The first kappa shape index (κ1) is 14.6. The minimum atomic E-state index is -1.02. The third kappa shape index (κ3) is 4.08. The summed E-state index contributed by atoms with van der Waals surface area (Å²) < 4.78 is 14.8. The van der Waals surface area contributed by atoms with Crippen molar-refractivity contribution in [2.75, 3.05) is 0 Å². The lowest BCUT2D eigenvalue weighted by atomic mass is 10.2. The second-order valence-corrected chi connectivity index (χ2v) is 8.55. The van der Waals surface area contributed by atoms with E-state index < -0.39 is 11.4 Å².